The van der Waals surface area contributed by atoms with Gasteiger partial charge < -0.3 is 14.8 Å². The largest absolute Gasteiger partial charge is 0.312 e. The number of hydrogen-bond donors (Lipinski definition) is 1. The number of amides is 2. The van der Waals surface area contributed by atoms with Gasteiger partial charge in [-0.1, -0.05) is 42.5 Å². The van der Waals surface area contributed by atoms with E-state index < -0.39 is 11.7 Å². The maximum absolute atomic E-state index is 14.2. The van der Waals surface area contributed by atoms with Crippen LogP contribution in [0, 0.1) is 17.6 Å². The van der Waals surface area contributed by atoms with Crippen LogP contribution in [0.4, 0.5) is 20.3 Å². The fraction of sp³-hybridized carbons (Fsp3) is 0.148. The van der Waals surface area contributed by atoms with Crippen molar-refractivity contribution in [1.29, 1.82) is 0 Å². The van der Waals surface area contributed by atoms with Crippen LogP contribution < -0.4 is 10.2 Å². The van der Waals surface area contributed by atoms with Crippen LogP contribution in [-0.2, 0) is 16.1 Å². The van der Waals surface area contributed by atoms with Gasteiger partial charge in [0, 0.05) is 18.5 Å². The lowest BCUT2D eigenvalue weighted by Gasteiger charge is -2.18. The summed E-state index contributed by atoms with van der Waals surface area (Å²) >= 11 is 0. The standard InChI is InChI=1S/C27H22F2N4O2/c28-21-12-10-19(11-13-21)25-26(32(17-30-25)15-18-6-2-1-3-7-18)31-27(35)20-14-24(34)33(16-20)23-9-5-4-8-22(23)29/h1-13,17,20H,14-16H2,(H,31,35). The molecule has 0 aliphatic carbocycles. The van der Waals surface area contributed by atoms with Gasteiger partial charge in [-0.05, 0) is 42.0 Å². The van der Waals surface area contributed by atoms with Crippen molar-refractivity contribution in [3.8, 4) is 11.3 Å². The molecule has 1 N–H and O–H groups in total. The molecule has 1 fully saturated rings. The second-order valence-electron chi connectivity index (χ2n) is 8.41. The van der Waals surface area contributed by atoms with Crippen molar-refractivity contribution >= 4 is 23.3 Å². The monoisotopic (exact) mass is 472 g/mol. The van der Waals surface area contributed by atoms with Crippen molar-refractivity contribution in [1.82, 2.24) is 9.55 Å². The van der Waals surface area contributed by atoms with Crippen molar-refractivity contribution in [2.45, 2.75) is 13.0 Å². The summed E-state index contributed by atoms with van der Waals surface area (Å²) < 4.78 is 29.5. The predicted molar refractivity (Wildman–Crippen MR) is 129 cm³/mol. The zero-order valence-corrected chi connectivity index (χ0v) is 18.7. The van der Waals surface area contributed by atoms with Crippen LogP contribution in [-0.4, -0.2) is 27.9 Å². The summed E-state index contributed by atoms with van der Waals surface area (Å²) in [4.78, 5) is 31.7. The lowest BCUT2D eigenvalue weighted by atomic mass is 10.1. The molecule has 0 bridgehead atoms. The molecule has 4 aromatic rings. The van der Waals surface area contributed by atoms with Gasteiger partial charge in [0.2, 0.25) is 11.8 Å². The SMILES string of the molecule is O=C(Nc1c(-c2ccc(F)cc2)ncn1Cc1ccccc1)C1CC(=O)N(c2ccccc2F)C1. The van der Waals surface area contributed by atoms with E-state index in [1.807, 2.05) is 30.3 Å². The molecule has 3 aromatic carbocycles. The van der Waals surface area contributed by atoms with Crippen molar-refractivity contribution < 1.29 is 18.4 Å². The molecule has 6 nitrogen and oxygen atoms in total. The highest BCUT2D eigenvalue weighted by Crippen LogP contribution is 2.31. The number of hydrogen-bond acceptors (Lipinski definition) is 3. The van der Waals surface area contributed by atoms with Crippen LogP contribution in [0.3, 0.4) is 0 Å². The van der Waals surface area contributed by atoms with Gasteiger partial charge >= 0.3 is 0 Å². The molecule has 1 saturated heterocycles. The fourth-order valence-corrected chi connectivity index (χ4v) is 4.24. The van der Waals surface area contributed by atoms with Crippen LogP contribution in [0.1, 0.15) is 12.0 Å². The Morgan fingerprint density at radius 3 is 2.43 bits per heavy atom. The van der Waals surface area contributed by atoms with E-state index in [9.17, 15) is 18.4 Å². The number of halogens is 2. The Hall–Kier alpha value is -4.33. The average molecular weight is 472 g/mol. The Morgan fingerprint density at radius 2 is 1.69 bits per heavy atom. The third-order valence-corrected chi connectivity index (χ3v) is 6.03. The number of aromatic nitrogens is 2. The van der Waals surface area contributed by atoms with Gasteiger partial charge in [0.15, 0.2) is 0 Å². The first-order valence-electron chi connectivity index (χ1n) is 11.2. The summed E-state index contributed by atoms with van der Waals surface area (Å²) in [7, 11) is 0. The fourth-order valence-electron chi connectivity index (χ4n) is 4.24. The molecule has 8 heteroatoms. The van der Waals surface area contributed by atoms with E-state index >= 15 is 0 Å². The van der Waals surface area contributed by atoms with Crippen molar-refractivity contribution in [2.24, 2.45) is 5.92 Å². The van der Waals surface area contributed by atoms with Crippen LogP contribution in [0.2, 0.25) is 0 Å². The Kier molecular flexibility index (Phi) is 6.10. The first-order chi connectivity index (χ1) is 17.0. The smallest absolute Gasteiger partial charge is 0.230 e. The topological polar surface area (TPSA) is 67.2 Å². The van der Waals surface area contributed by atoms with Crippen molar-refractivity contribution in [3.05, 3.63) is 102 Å². The molecule has 1 aromatic heterocycles. The summed E-state index contributed by atoms with van der Waals surface area (Å²) in [5.74, 6) is -1.78. The number of rotatable bonds is 6. The van der Waals surface area contributed by atoms with E-state index in [0.29, 0.717) is 23.6 Å². The van der Waals surface area contributed by atoms with Gasteiger partial charge in [-0.3, -0.25) is 9.59 Å². The molecule has 0 spiro atoms. The first-order valence-corrected chi connectivity index (χ1v) is 11.2. The van der Waals surface area contributed by atoms with E-state index in [0.717, 1.165) is 5.56 Å². The van der Waals surface area contributed by atoms with E-state index in [-0.39, 0.29) is 36.3 Å². The van der Waals surface area contributed by atoms with Gasteiger partial charge in [-0.25, -0.2) is 13.8 Å². The highest BCUT2D eigenvalue weighted by atomic mass is 19.1. The second kappa shape index (κ2) is 9.50. The summed E-state index contributed by atoms with van der Waals surface area (Å²) in [6, 6.07) is 21.6. The maximum atomic E-state index is 14.2. The van der Waals surface area contributed by atoms with Crippen LogP contribution in [0.15, 0.2) is 85.2 Å². The lowest BCUT2D eigenvalue weighted by Crippen LogP contribution is -2.29. The molecule has 1 unspecified atom stereocenters. The van der Waals surface area contributed by atoms with Crippen LogP contribution in [0.25, 0.3) is 11.3 Å². The van der Waals surface area contributed by atoms with Gasteiger partial charge in [-0.15, -0.1) is 0 Å². The van der Waals surface area contributed by atoms with Crippen molar-refractivity contribution in [2.75, 3.05) is 16.8 Å². The number of para-hydroxylation sites is 1. The minimum absolute atomic E-state index is 0.0289. The van der Waals surface area contributed by atoms with Crippen molar-refractivity contribution in [3.63, 3.8) is 0 Å². The lowest BCUT2D eigenvalue weighted by molar-refractivity contribution is -0.122. The molecule has 0 radical (unpaired) electrons. The van der Waals surface area contributed by atoms with Gasteiger partial charge in [0.1, 0.15) is 23.1 Å². The first kappa shape index (κ1) is 22.5. The van der Waals surface area contributed by atoms with Gasteiger partial charge in [0.05, 0.1) is 24.5 Å². The van der Waals surface area contributed by atoms with Gasteiger partial charge in [-0.2, -0.15) is 0 Å². The third-order valence-electron chi connectivity index (χ3n) is 6.03. The molecule has 0 saturated carbocycles. The normalized spacial score (nSPS) is 15.4. The molecule has 35 heavy (non-hydrogen) atoms. The van der Waals surface area contributed by atoms with Crippen LogP contribution in [0.5, 0.6) is 0 Å². The van der Waals surface area contributed by atoms with Gasteiger partial charge in [0.25, 0.3) is 0 Å². The molecular formula is C27H22F2N4O2. The maximum Gasteiger partial charge on any atom is 0.230 e. The minimum Gasteiger partial charge on any atom is -0.312 e. The Balaban J connectivity index is 1.42. The molecule has 176 valence electrons. The molecule has 2 amide bonds. The van der Waals surface area contributed by atoms with E-state index in [1.165, 1.54) is 29.2 Å². The molecule has 5 rings (SSSR count). The molecule has 2 heterocycles. The summed E-state index contributed by atoms with van der Waals surface area (Å²) in [6.07, 6.45) is 1.59. The number of benzene rings is 3. The number of carbonyl (C=O) groups excluding carboxylic acids is 2. The van der Waals surface area contributed by atoms with E-state index in [4.69, 9.17) is 0 Å². The third kappa shape index (κ3) is 4.68. The summed E-state index contributed by atoms with van der Waals surface area (Å²) in [5, 5.41) is 2.94. The number of carbonyl (C=O) groups is 2. The Morgan fingerprint density at radius 1 is 0.971 bits per heavy atom. The zero-order valence-electron chi connectivity index (χ0n) is 18.7. The zero-order chi connectivity index (χ0) is 24.4. The summed E-state index contributed by atoms with van der Waals surface area (Å²) in [6.45, 7) is 0.528. The second-order valence-corrected chi connectivity index (χ2v) is 8.41. The molecular weight excluding hydrogens is 450 g/mol. The number of anilines is 2. The minimum atomic E-state index is -0.664. The predicted octanol–water partition coefficient (Wildman–Crippen LogP) is 4.87. The molecule has 1 atom stereocenters. The van der Waals surface area contributed by atoms with E-state index in [2.05, 4.69) is 10.3 Å². The highest BCUT2D eigenvalue weighted by Gasteiger charge is 2.36. The molecule has 1 aliphatic rings. The van der Waals surface area contributed by atoms with E-state index in [1.54, 1.807) is 35.2 Å². The summed E-state index contributed by atoms with van der Waals surface area (Å²) in [5.41, 5.74) is 2.30. The quantitative estimate of drug-likeness (QED) is 0.436. The average Bonchev–Trinajstić information content (AvgIpc) is 3.44. The number of nitrogens with zero attached hydrogens (tertiary/aromatic N) is 3. The molecule has 1 aliphatic heterocycles. The number of imidazole rings is 1. The number of nitrogens with one attached hydrogen (secondary N) is 1. The van der Waals surface area contributed by atoms with Crippen LogP contribution >= 0.6 is 0 Å². The Labute approximate surface area is 200 Å². The Bertz CT molecular complexity index is 1370. The highest BCUT2D eigenvalue weighted by molar-refractivity contribution is 6.04.